The van der Waals surface area contributed by atoms with Crippen LogP contribution in [0.15, 0.2) is 46.9 Å². The summed E-state index contributed by atoms with van der Waals surface area (Å²) in [6.07, 6.45) is 3.02. The van der Waals surface area contributed by atoms with E-state index in [-0.39, 0.29) is 6.10 Å². The summed E-state index contributed by atoms with van der Waals surface area (Å²) in [6, 6.07) is 13.3. The maximum atomic E-state index is 9.77. The summed E-state index contributed by atoms with van der Waals surface area (Å²) < 4.78 is 11.3. The zero-order chi connectivity index (χ0) is 14.5. The molecule has 112 valence electrons. The van der Waals surface area contributed by atoms with Crippen molar-refractivity contribution in [2.45, 2.75) is 31.9 Å². The van der Waals surface area contributed by atoms with Crippen LogP contribution in [0.2, 0.25) is 0 Å². The Bertz CT molecular complexity index is 552. The molecule has 1 aliphatic rings. The molecular formula is C17H21NO3. The maximum Gasteiger partial charge on any atom is 0.290 e. The second-order valence-electron chi connectivity index (χ2n) is 5.53. The number of furan rings is 1. The standard InChI is InChI=1S/C17H21NO3/c19-16-8-4-5-13(16)11-18-12-15-9-10-17(21-15)20-14-6-2-1-3-7-14/h1-3,6-7,9-10,13,16,18-19H,4-5,8,11-12H2. The van der Waals surface area contributed by atoms with Crippen molar-refractivity contribution < 1.29 is 14.3 Å². The molecule has 0 radical (unpaired) electrons. The van der Waals surface area contributed by atoms with Gasteiger partial charge in [-0.2, -0.15) is 0 Å². The van der Waals surface area contributed by atoms with Crippen LogP contribution in [0, 0.1) is 5.92 Å². The summed E-state index contributed by atoms with van der Waals surface area (Å²) in [6.45, 7) is 1.48. The number of aliphatic hydroxyl groups excluding tert-OH is 1. The fourth-order valence-corrected chi connectivity index (χ4v) is 2.75. The number of aliphatic hydroxyl groups is 1. The van der Waals surface area contributed by atoms with Gasteiger partial charge in [-0.1, -0.05) is 24.6 Å². The SMILES string of the molecule is OC1CCCC1CNCc1ccc(Oc2ccccc2)o1. The topological polar surface area (TPSA) is 54.6 Å². The molecule has 3 rings (SSSR count). The molecular weight excluding hydrogens is 266 g/mol. The summed E-state index contributed by atoms with van der Waals surface area (Å²) in [7, 11) is 0. The van der Waals surface area contributed by atoms with E-state index in [2.05, 4.69) is 5.32 Å². The largest absolute Gasteiger partial charge is 0.429 e. The Kier molecular flexibility index (Phi) is 4.58. The Hall–Kier alpha value is -1.78. The molecule has 1 aliphatic carbocycles. The lowest BCUT2D eigenvalue weighted by Gasteiger charge is -2.14. The van der Waals surface area contributed by atoms with Crippen LogP contribution in [0.25, 0.3) is 0 Å². The van der Waals surface area contributed by atoms with Crippen molar-refractivity contribution in [2.75, 3.05) is 6.54 Å². The molecule has 0 saturated heterocycles. The van der Waals surface area contributed by atoms with E-state index in [4.69, 9.17) is 9.15 Å². The fraction of sp³-hybridized carbons (Fsp3) is 0.412. The van der Waals surface area contributed by atoms with Gasteiger partial charge in [0.05, 0.1) is 12.6 Å². The van der Waals surface area contributed by atoms with Crippen LogP contribution in [0.1, 0.15) is 25.0 Å². The van der Waals surface area contributed by atoms with Gasteiger partial charge in [-0.3, -0.25) is 0 Å². The monoisotopic (exact) mass is 287 g/mol. The van der Waals surface area contributed by atoms with Gasteiger partial charge in [0.1, 0.15) is 11.5 Å². The van der Waals surface area contributed by atoms with E-state index in [0.29, 0.717) is 18.4 Å². The van der Waals surface area contributed by atoms with Crippen molar-refractivity contribution in [1.29, 1.82) is 0 Å². The average molecular weight is 287 g/mol. The molecule has 1 heterocycles. The predicted molar refractivity (Wildman–Crippen MR) is 80.3 cm³/mol. The lowest BCUT2D eigenvalue weighted by molar-refractivity contribution is 0.131. The van der Waals surface area contributed by atoms with Crippen molar-refractivity contribution in [3.63, 3.8) is 0 Å². The molecule has 4 heteroatoms. The molecule has 0 spiro atoms. The Labute approximate surface area is 124 Å². The number of hydrogen-bond acceptors (Lipinski definition) is 4. The van der Waals surface area contributed by atoms with Crippen LogP contribution >= 0.6 is 0 Å². The third-order valence-electron chi connectivity index (χ3n) is 3.92. The first-order valence-corrected chi connectivity index (χ1v) is 7.51. The quantitative estimate of drug-likeness (QED) is 0.855. The van der Waals surface area contributed by atoms with Gasteiger partial charge in [0.2, 0.25) is 0 Å². The molecule has 1 aromatic heterocycles. The molecule has 1 aromatic carbocycles. The van der Waals surface area contributed by atoms with Crippen molar-refractivity contribution in [3.05, 3.63) is 48.2 Å². The van der Waals surface area contributed by atoms with Crippen LogP contribution in [0.4, 0.5) is 0 Å². The van der Waals surface area contributed by atoms with Crippen molar-refractivity contribution in [3.8, 4) is 11.7 Å². The number of nitrogens with one attached hydrogen (secondary N) is 1. The average Bonchev–Trinajstić information content (AvgIpc) is 3.10. The van der Waals surface area contributed by atoms with Crippen LogP contribution in [0.5, 0.6) is 11.7 Å². The Balaban J connectivity index is 1.46. The van der Waals surface area contributed by atoms with E-state index in [1.165, 1.54) is 0 Å². The summed E-state index contributed by atoms with van der Waals surface area (Å²) in [5.74, 6) is 2.48. The van der Waals surface area contributed by atoms with Gasteiger partial charge in [-0.05, 0) is 37.0 Å². The molecule has 2 unspecified atom stereocenters. The van der Waals surface area contributed by atoms with Gasteiger partial charge >= 0.3 is 0 Å². The lowest BCUT2D eigenvalue weighted by atomic mass is 10.1. The highest BCUT2D eigenvalue weighted by Crippen LogP contribution is 2.25. The number of ether oxygens (including phenoxy) is 1. The van der Waals surface area contributed by atoms with E-state index in [1.54, 1.807) is 0 Å². The summed E-state index contributed by atoms with van der Waals surface area (Å²) in [5.41, 5.74) is 0. The summed E-state index contributed by atoms with van der Waals surface area (Å²) in [4.78, 5) is 0. The van der Waals surface area contributed by atoms with E-state index < -0.39 is 0 Å². The van der Waals surface area contributed by atoms with Crippen molar-refractivity contribution in [1.82, 2.24) is 5.32 Å². The zero-order valence-electron chi connectivity index (χ0n) is 12.0. The minimum atomic E-state index is -0.147. The first-order valence-electron chi connectivity index (χ1n) is 7.51. The molecule has 0 bridgehead atoms. The van der Waals surface area contributed by atoms with Crippen LogP contribution in [-0.4, -0.2) is 17.8 Å². The molecule has 1 fully saturated rings. The van der Waals surface area contributed by atoms with Crippen LogP contribution < -0.4 is 10.1 Å². The molecule has 2 atom stereocenters. The Morgan fingerprint density at radius 3 is 2.76 bits per heavy atom. The molecule has 4 nitrogen and oxygen atoms in total. The second-order valence-corrected chi connectivity index (χ2v) is 5.53. The third-order valence-corrected chi connectivity index (χ3v) is 3.92. The molecule has 0 amide bonds. The molecule has 2 aromatic rings. The van der Waals surface area contributed by atoms with E-state index in [9.17, 15) is 5.11 Å². The highest BCUT2D eigenvalue weighted by Gasteiger charge is 2.24. The normalized spacial score (nSPS) is 21.6. The van der Waals surface area contributed by atoms with E-state index in [1.807, 2.05) is 42.5 Å². The molecule has 21 heavy (non-hydrogen) atoms. The zero-order valence-corrected chi connectivity index (χ0v) is 12.0. The van der Waals surface area contributed by atoms with Crippen molar-refractivity contribution >= 4 is 0 Å². The van der Waals surface area contributed by atoms with Crippen LogP contribution in [0.3, 0.4) is 0 Å². The first-order chi connectivity index (χ1) is 10.3. The third kappa shape index (κ3) is 3.86. The van der Waals surface area contributed by atoms with E-state index in [0.717, 1.165) is 37.3 Å². The van der Waals surface area contributed by atoms with Gasteiger partial charge in [0.15, 0.2) is 0 Å². The fourth-order valence-electron chi connectivity index (χ4n) is 2.75. The number of para-hydroxylation sites is 1. The first kappa shape index (κ1) is 14.2. The van der Waals surface area contributed by atoms with Gasteiger partial charge in [-0.15, -0.1) is 0 Å². The van der Waals surface area contributed by atoms with Gasteiger partial charge in [0, 0.05) is 12.6 Å². The molecule has 0 aliphatic heterocycles. The van der Waals surface area contributed by atoms with Gasteiger partial charge in [-0.25, -0.2) is 0 Å². The second kappa shape index (κ2) is 6.78. The predicted octanol–water partition coefficient (Wildman–Crippen LogP) is 3.32. The highest BCUT2D eigenvalue weighted by molar-refractivity contribution is 5.26. The van der Waals surface area contributed by atoms with Crippen molar-refractivity contribution in [2.24, 2.45) is 5.92 Å². The van der Waals surface area contributed by atoms with E-state index >= 15 is 0 Å². The number of hydrogen-bond donors (Lipinski definition) is 2. The molecule has 2 N–H and O–H groups in total. The minimum absolute atomic E-state index is 0.147. The summed E-state index contributed by atoms with van der Waals surface area (Å²) in [5, 5.41) is 13.1. The van der Waals surface area contributed by atoms with Gasteiger partial charge in [0.25, 0.3) is 5.95 Å². The highest BCUT2D eigenvalue weighted by atomic mass is 16.6. The van der Waals surface area contributed by atoms with Crippen LogP contribution in [-0.2, 0) is 6.54 Å². The molecule has 1 saturated carbocycles. The maximum absolute atomic E-state index is 9.77. The van der Waals surface area contributed by atoms with Gasteiger partial charge < -0.3 is 19.6 Å². The lowest BCUT2D eigenvalue weighted by Crippen LogP contribution is -2.27. The number of rotatable bonds is 6. The number of benzene rings is 1. The Morgan fingerprint density at radius 2 is 2.00 bits per heavy atom. The summed E-state index contributed by atoms with van der Waals surface area (Å²) >= 11 is 0. The minimum Gasteiger partial charge on any atom is -0.429 e. The Morgan fingerprint density at radius 1 is 1.14 bits per heavy atom. The smallest absolute Gasteiger partial charge is 0.290 e.